The monoisotopic (exact) mass is 793 g/mol. The second-order valence-electron chi connectivity index (χ2n) is 13.1. The molecule has 4 N–H and O–H groups in total. The zero-order valence-corrected chi connectivity index (χ0v) is 34.1. The van der Waals surface area contributed by atoms with E-state index in [4.69, 9.17) is 24.8 Å². The van der Waals surface area contributed by atoms with Crippen LogP contribution in [0, 0.1) is 0 Å². The standard InChI is InChI=1S/C42H68NO11P/c1-3-5-7-8-9-10-11-12-13-14-15-18-22-25-29-33-41(46)54-38(35-52-55(49,50)53-36-39(43)42(47)48)34-51-40(45)32-28-24-21-19-16-17-20-23-27-31-37(44)30-26-6-4-2/h5,7,9-10,12-13,15,18,20,23,27,31,38-39H,3-4,6,8,11,14,16-17,19,21-22,24-26,28-30,32-36,43H2,1-2H3,(H,47,48)(H,49,50)/b7-5-,10-9-,13-12-,18-15-,23-20-,31-27+/t38-,39+/m1/s1. The lowest BCUT2D eigenvalue weighted by Gasteiger charge is -2.20. The third kappa shape index (κ3) is 36.0. The molecule has 0 aliphatic heterocycles. The molecule has 0 aliphatic carbocycles. The molecule has 0 rings (SSSR count). The third-order valence-electron chi connectivity index (χ3n) is 7.91. The van der Waals surface area contributed by atoms with Crippen molar-refractivity contribution in [2.45, 2.75) is 148 Å². The van der Waals surface area contributed by atoms with Crippen molar-refractivity contribution in [2.75, 3.05) is 19.8 Å². The van der Waals surface area contributed by atoms with Crippen LogP contribution in [-0.2, 0) is 42.3 Å². The zero-order chi connectivity index (χ0) is 40.8. The van der Waals surface area contributed by atoms with E-state index in [0.717, 1.165) is 89.9 Å². The Morgan fingerprint density at radius 2 is 1.18 bits per heavy atom. The van der Waals surface area contributed by atoms with Crippen LogP contribution in [0.15, 0.2) is 72.9 Å². The average Bonchev–Trinajstić information content (AvgIpc) is 3.15. The van der Waals surface area contributed by atoms with Gasteiger partial charge in [0.2, 0.25) is 0 Å². The summed E-state index contributed by atoms with van der Waals surface area (Å²) in [5.74, 6) is -2.36. The molecule has 0 spiro atoms. The van der Waals surface area contributed by atoms with Crippen molar-refractivity contribution in [3.8, 4) is 0 Å². The first kappa shape index (κ1) is 51.6. The molecule has 0 aromatic rings. The van der Waals surface area contributed by atoms with Gasteiger partial charge >= 0.3 is 25.7 Å². The molecule has 0 bridgehead atoms. The Balaban J connectivity index is 4.57. The summed E-state index contributed by atoms with van der Waals surface area (Å²) in [6.45, 7) is 2.42. The van der Waals surface area contributed by atoms with Gasteiger partial charge in [0.1, 0.15) is 12.6 Å². The number of carbonyl (C=O) groups is 4. The highest BCUT2D eigenvalue weighted by Gasteiger charge is 2.28. The third-order valence-corrected chi connectivity index (χ3v) is 8.87. The van der Waals surface area contributed by atoms with Gasteiger partial charge in [0.05, 0.1) is 13.2 Å². The van der Waals surface area contributed by atoms with Gasteiger partial charge in [0.25, 0.3) is 0 Å². The maximum absolute atomic E-state index is 12.6. The van der Waals surface area contributed by atoms with Gasteiger partial charge in [-0.3, -0.25) is 28.2 Å². The van der Waals surface area contributed by atoms with E-state index in [1.165, 1.54) is 0 Å². The first-order chi connectivity index (χ1) is 26.5. The van der Waals surface area contributed by atoms with Crippen molar-refractivity contribution in [2.24, 2.45) is 5.73 Å². The lowest BCUT2D eigenvalue weighted by atomic mass is 10.1. The summed E-state index contributed by atoms with van der Waals surface area (Å²) in [5.41, 5.74) is 5.31. The van der Waals surface area contributed by atoms with Gasteiger partial charge in [-0.2, -0.15) is 0 Å². The van der Waals surface area contributed by atoms with E-state index in [9.17, 15) is 28.6 Å². The topological polar surface area (TPSA) is 189 Å². The molecule has 0 amide bonds. The second-order valence-corrected chi connectivity index (χ2v) is 14.5. The van der Waals surface area contributed by atoms with Crippen LogP contribution >= 0.6 is 7.82 Å². The summed E-state index contributed by atoms with van der Waals surface area (Å²) in [7, 11) is -4.75. The molecule has 1 unspecified atom stereocenters. The number of ketones is 1. The minimum absolute atomic E-state index is 0.0873. The lowest BCUT2D eigenvalue weighted by Crippen LogP contribution is -2.34. The molecule has 0 saturated carbocycles. The zero-order valence-electron chi connectivity index (χ0n) is 33.2. The fourth-order valence-corrected chi connectivity index (χ4v) is 5.52. The number of carbonyl (C=O) groups excluding carboxylic acids is 3. The van der Waals surface area contributed by atoms with Gasteiger partial charge in [-0.25, -0.2) is 4.57 Å². The fourth-order valence-electron chi connectivity index (χ4n) is 4.74. The molecule has 0 heterocycles. The summed E-state index contributed by atoms with van der Waals surface area (Å²) in [6, 6.07) is -1.54. The number of nitrogens with two attached hydrogens (primary N) is 1. The molecule has 0 radical (unpaired) electrons. The largest absolute Gasteiger partial charge is 0.480 e. The summed E-state index contributed by atoms with van der Waals surface area (Å²) in [5, 5.41) is 8.87. The van der Waals surface area contributed by atoms with Crippen molar-refractivity contribution in [3.63, 3.8) is 0 Å². The smallest absolute Gasteiger partial charge is 0.472 e. The summed E-state index contributed by atoms with van der Waals surface area (Å²) >= 11 is 0. The van der Waals surface area contributed by atoms with Gasteiger partial charge in [0, 0.05) is 19.3 Å². The SMILES string of the molecule is CC/C=C\C/C=C\C/C=C\C/C=C\CCCCC(=O)O[C@H](COC(=O)CCCCCCC/C=C\C=C\C(=O)CCCCC)COP(=O)(O)OC[C@H](N)C(=O)O. The number of ether oxygens (including phenoxy) is 2. The van der Waals surface area contributed by atoms with Crippen LogP contribution in [0.5, 0.6) is 0 Å². The number of aliphatic carboxylic acids is 1. The van der Waals surface area contributed by atoms with Crippen LogP contribution in [0.4, 0.5) is 0 Å². The Bertz CT molecular complexity index is 1270. The van der Waals surface area contributed by atoms with E-state index >= 15 is 0 Å². The number of rotatable bonds is 36. The molecule has 0 aliphatic rings. The molecule has 3 atom stereocenters. The van der Waals surface area contributed by atoms with Crippen molar-refractivity contribution < 1.29 is 52.3 Å². The molecule has 13 heteroatoms. The number of carboxylic acids is 1. The van der Waals surface area contributed by atoms with Crippen LogP contribution in [0.3, 0.4) is 0 Å². The number of phosphoric ester groups is 1. The molecule has 0 aromatic heterocycles. The van der Waals surface area contributed by atoms with E-state index in [1.54, 1.807) is 12.2 Å². The molecular weight excluding hydrogens is 725 g/mol. The highest BCUT2D eigenvalue weighted by Crippen LogP contribution is 2.43. The van der Waals surface area contributed by atoms with Crippen LogP contribution < -0.4 is 5.73 Å². The Kier molecular flexibility index (Phi) is 34.0. The van der Waals surface area contributed by atoms with Crippen LogP contribution in [-0.4, -0.2) is 65.7 Å². The van der Waals surface area contributed by atoms with Crippen molar-refractivity contribution >= 4 is 31.5 Å². The molecule has 55 heavy (non-hydrogen) atoms. The van der Waals surface area contributed by atoms with Gasteiger partial charge in [-0.05, 0) is 76.7 Å². The summed E-state index contributed by atoms with van der Waals surface area (Å²) in [6.07, 6.45) is 38.2. The Hall–Kier alpha value is -3.41. The Morgan fingerprint density at radius 1 is 0.636 bits per heavy atom. The van der Waals surface area contributed by atoms with E-state index in [1.807, 2.05) is 12.2 Å². The van der Waals surface area contributed by atoms with Crippen LogP contribution in [0.2, 0.25) is 0 Å². The number of hydrogen-bond acceptors (Lipinski definition) is 10. The minimum Gasteiger partial charge on any atom is -0.480 e. The first-order valence-corrected chi connectivity index (χ1v) is 21.4. The van der Waals surface area contributed by atoms with Crippen molar-refractivity contribution in [1.82, 2.24) is 0 Å². The molecule has 312 valence electrons. The van der Waals surface area contributed by atoms with E-state index in [-0.39, 0.29) is 18.6 Å². The maximum atomic E-state index is 12.6. The van der Waals surface area contributed by atoms with E-state index < -0.39 is 57.7 Å². The Morgan fingerprint density at radius 3 is 1.85 bits per heavy atom. The molecule has 0 aromatic carbocycles. The molecule has 0 saturated heterocycles. The van der Waals surface area contributed by atoms with E-state index in [2.05, 4.69) is 67.0 Å². The normalized spacial score (nSPS) is 14.5. The predicted octanol–water partition coefficient (Wildman–Crippen LogP) is 9.34. The molecule has 12 nitrogen and oxygen atoms in total. The average molecular weight is 794 g/mol. The quantitative estimate of drug-likeness (QED) is 0.0136. The predicted molar refractivity (Wildman–Crippen MR) is 217 cm³/mol. The van der Waals surface area contributed by atoms with Gasteiger partial charge in [0.15, 0.2) is 11.9 Å². The highest BCUT2D eigenvalue weighted by molar-refractivity contribution is 7.47. The highest BCUT2D eigenvalue weighted by atomic mass is 31.2. The van der Waals surface area contributed by atoms with Crippen LogP contribution in [0.1, 0.15) is 136 Å². The first-order valence-electron chi connectivity index (χ1n) is 19.9. The van der Waals surface area contributed by atoms with Crippen molar-refractivity contribution in [3.05, 3.63) is 72.9 Å². The minimum atomic E-state index is -4.75. The fraction of sp³-hybridized carbons (Fsp3) is 0.619. The number of phosphoric acid groups is 1. The van der Waals surface area contributed by atoms with Gasteiger partial charge in [-0.1, -0.05) is 113 Å². The number of allylic oxidation sites excluding steroid dienone is 12. The maximum Gasteiger partial charge on any atom is 0.472 e. The van der Waals surface area contributed by atoms with Gasteiger partial charge < -0.3 is 25.2 Å². The number of esters is 2. The number of hydrogen-bond donors (Lipinski definition) is 3. The number of unbranched alkanes of at least 4 members (excludes halogenated alkanes) is 9. The summed E-state index contributed by atoms with van der Waals surface area (Å²) < 4.78 is 32.5. The van der Waals surface area contributed by atoms with Gasteiger partial charge in [-0.15, -0.1) is 0 Å². The van der Waals surface area contributed by atoms with Crippen molar-refractivity contribution in [1.29, 1.82) is 0 Å². The Labute approximate surface area is 329 Å². The summed E-state index contributed by atoms with van der Waals surface area (Å²) in [4.78, 5) is 57.5. The van der Waals surface area contributed by atoms with E-state index in [0.29, 0.717) is 19.3 Å². The second kappa shape index (κ2) is 36.2. The lowest BCUT2D eigenvalue weighted by molar-refractivity contribution is -0.161. The molecule has 0 fully saturated rings. The molecular formula is C42H68NO11P. The van der Waals surface area contributed by atoms with Crippen LogP contribution in [0.25, 0.3) is 0 Å². The number of carboxylic acid groups (broad SMARTS) is 1.